The minimum Gasteiger partial charge on any atom is -0.508 e. The van der Waals surface area contributed by atoms with Gasteiger partial charge in [0.1, 0.15) is 11.4 Å². The van der Waals surface area contributed by atoms with E-state index in [0.29, 0.717) is 12.8 Å². The fourth-order valence-electron chi connectivity index (χ4n) is 2.66. The highest BCUT2D eigenvalue weighted by Crippen LogP contribution is 2.29. The van der Waals surface area contributed by atoms with Crippen molar-refractivity contribution in [1.29, 1.82) is 0 Å². The van der Waals surface area contributed by atoms with Gasteiger partial charge in [-0.3, -0.25) is 4.79 Å². The molecule has 110 valence electrons. The van der Waals surface area contributed by atoms with Crippen LogP contribution in [0.5, 0.6) is 5.75 Å². The number of hydrogen-bond acceptors (Lipinski definition) is 3. The van der Waals surface area contributed by atoms with Crippen LogP contribution in [0, 0.1) is 0 Å². The van der Waals surface area contributed by atoms with E-state index in [0.717, 1.165) is 31.2 Å². The number of benzene rings is 1. The summed E-state index contributed by atoms with van der Waals surface area (Å²) in [6, 6.07) is 7.13. The van der Waals surface area contributed by atoms with Gasteiger partial charge in [0.15, 0.2) is 0 Å². The van der Waals surface area contributed by atoms with E-state index in [1.54, 1.807) is 12.1 Å². The van der Waals surface area contributed by atoms with Crippen molar-refractivity contribution < 1.29 is 15.0 Å². The van der Waals surface area contributed by atoms with E-state index in [-0.39, 0.29) is 17.7 Å². The summed E-state index contributed by atoms with van der Waals surface area (Å²) in [6.07, 6.45) is 4.64. The van der Waals surface area contributed by atoms with Crippen molar-refractivity contribution in [1.82, 2.24) is 5.32 Å². The van der Waals surface area contributed by atoms with Gasteiger partial charge < -0.3 is 15.5 Å². The number of aryl methyl sites for hydroxylation is 1. The quantitative estimate of drug-likeness (QED) is 0.772. The molecule has 0 aromatic heterocycles. The van der Waals surface area contributed by atoms with Crippen molar-refractivity contribution in [3.63, 3.8) is 0 Å². The van der Waals surface area contributed by atoms with Crippen LogP contribution in [-0.2, 0) is 11.2 Å². The van der Waals surface area contributed by atoms with Gasteiger partial charge in [0, 0.05) is 6.04 Å². The molecular weight excluding hydrogens is 254 g/mol. The van der Waals surface area contributed by atoms with Crippen molar-refractivity contribution in [2.75, 3.05) is 0 Å². The van der Waals surface area contributed by atoms with Crippen molar-refractivity contribution in [2.45, 2.75) is 57.1 Å². The topological polar surface area (TPSA) is 69.6 Å². The van der Waals surface area contributed by atoms with Crippen molar-refractivity contribution in [3.8, 4) is 5.75 Å². The van der Waals surface area contributed by atoms with Crippen LogP contribution < -0.4 is 5.32 Å². The SMILES string of the molecule is CC(CCc1ccc(O)cc1)NC(=O)C1(O)CCCC1. The summed E-state index contributed by atoms with van der Waals surface area (Å²) >= 11 is 0. The van der Waals surface area contributed by atoms with E-state index < -0.39 is 5.60 Å². The third kappa shape index (κ3) is 3.73. The second-order valence-corrected chi connectivity index (χ2v) is 5.82. The number of amides is 1. The van der Waals surface area contributed by atoms with E-state index in [1.807, 2.05) is 19.1 Å². The molecule has 0 radical (unpaired) electrons. The van der Waals surface area contributed by atoms with Crippen molar-refractivity contribution >= 4 is 5.91 Å². The Bertz CT molecular complexity index is 449. The Hall–Kier alpha value is -1.55. The number of nitrogens with one attached hydrogen (secondary N) is 1. The predicted octanol–water partition coefficient (Wildman–Crippen LogP) is 2.13. The largest absolute Gasteiger partial charge is 0.508 e. The average molecular weight is 277 g/mol. The van der Waals surface area contributed by atoms with E-state index >= 15 is 0 Å². The lowest BCUT2D eigenvalue weighted by molar-refractivity contribution is -0.139. The highest BCUT2D eigenvalue weighted by Gasteiger charge is 2.39. The Kier molecular flexibility index (Phi) is 4.65. The molecule has 0 aliphatic heterocycles. The zero-order valence-corrected chi connectivity index (χ0v) is 11.9. The molecule has 0 saturated heterocycles. The van der Waals surface area contributed by atoms with Gasteiger partial charge in [0.2, 0.25) is 0 Å². The number of phenols is 1. The zero-order valence-electron chi connectivity index (χ0n) is 11.9. The van der Waals surface area contributed by atoms with Crippen LogP contribution in [0.4, 0.5) is 0 Å². The first-order chi connectivity index (χ1) is 9.49. The summed E-state index contributed by atoms with van der Waals surface area (Å²) in [5.41, 5.74) is -0.0178. The summed E-state index contributed by atoms with van der Waals surface area (Å²) < 4.78 is 0. The third-order valence-electron chi connectivity index (χ3n) is 4.03. The summed E-state index contributed by atoms with van der Waals surface area (Å²) in [5.74, 6) is 0.0340. The summed E-state index contributed by atoms with van der Waals surface area (Å²) in [6.45, 7) is 1.95. The number of phenolic OH excluding ortho intramolecular Hbond substituents is 1. The molecule has 1 unspecified atom stereocenters. The van der Waals surface area contributed by atoms with Crippen LogP contribution in [0.3, 0.4) is 0 Å². The van der Waals surface area contributed by atoms with Gasteiger partial charge in [-0.25, -0.2) is 0 Å². The van der Waals surface area contributed by atoms with Crippen molar-refractivity contribution in [2.24, 2.45) is 0 Å². The molecular formula is C16H23NO3. The normalized spacial score (nSPS) is 18.7. The molecule has 0 spiro atoms. The summed E-state index contributed by atoms with van der Waals surface area (Å²) in [4.78, 5) is 12.0. The Morgan fingerprint density at radius 1 is 1.30 bits per heavy atom. The predicted molar refractivity (Wildman–Crippen MR) is 77.5 cm³/mol. The highest BCUT2D eigenvalue weighted by atomic mass is 16.3. The molecule has 20 heavy (non-hydrogen) atoms. The first kappa shape index (κ1) is 14.9. The van der Waals surface area contributed by atoms with Gasteiger partial charge in [-0.2, -0.15) is 0 Å². The molecule has 1 atom stereocenters. The summed E-state index contributed by atoms with van der Waals surface area (Å²) in [7, 11) is 0. The molecule has 1 aromatic rings. The van der Waals surface area contributed by atoms with Crippen molar-refractivity contribution in [3.05, 3.63) is 29.8 Å². The Morgan fingerprint density at radius 2 is 1.90 bits per heavy atom. The monoisotopic (exact) mass is 277 g/mol. The number of carbonyl (C=O) groups is 1. The fourth-order valence-corrected chi connectivity index (χ4v) is 2.66. The standard InChI is InChI=1S/C16H23NO3/c1-12(4-5-13-6-8-14(18)9-7-13)17-15(19)16(20)10-2-3-11-16/h6-9,12,18,20H,2-5,10-11H2,1H3,(H,17,19). The van der Waals surface area contributed by atoms with Crippen LogP contribution in [-0.4, -0.2) is 27.8 Å². The molecule has 1 aromatic carbocycles. The molecule has 1 fully saturated rings. The molecule has 4 nitrogen and oxygen atoms in total. The smallest absolute Gasteiger partial charge is 0.252 e. The summed E-state index contributed by atoms with van der Waals surface area (Å²) in [5, 5.41) is 22.3. The maximum atomic E-state index is 12.0. The van der Waals surface area contributed by atoms with E-state index in [9.17, 15) is 15.0 Å². The van der Waals surface area contributed by atoms with Gasteiger partial charge in [-0.15, -0.1) is 0 Å². The molecule has 1 aliphatic carbocycles. The van der Waals surface area contributed by atoms with Gasteiger partial charge in [0.05, 0.1) is 0 Å². The molecule has 4 heteroatoms. The van der Waals surface area contributed by atoms with Crippen LogP contribution in [0.1, 0.15) is 44.6 Å². The molecule has 1 amide bonds. The van der Waals surface area contributed by atoms with Gasteiger partial charge in [-0.05, 0) is 63.1 Å². The Labute approximate surface area is 119 Å². The number of aromatic hydroxyl groups is 1. The molecule has 3 N–H and O–H groups in total. The second kappa shape index (κ2) is 6.27. The molecule has 1 aliphatic rings. The van der Waals surface area contributed by atoms with E-state index in [4.69, 9.17) is 0 Å². The Balaban J connectivity index is 1.79. The first-order valence-corrected chi connectivity index (χ1v) is 7.31. The number of aliphatic hydroxyl groups is 1. The molecule has 1 saturated carbocycles. The fraction of sp³-hybridized carbons (Fsp3) is 0.562. The average Bonchev–Trinajstić information content (AvgIpc) is 2.86. The zero-order chi connectivity index (χ0) is 14.6. The number of hydrogen-bond donors (Lipinski definition) is 3. The van der Waals surface area contributed by atoms with Crippen LogP contribution in [0.25, 0.3) is 0 Å². The lowest BCUT2D eigenvalue weighted by Crippen LogP contribution is -2.48. The lowest BCUT2D eigenvalue weighted by atomic mass is 10.00. The third-order valence-corrected chi connectivity index (χ3v) is 4.03. The van der Waals surface area contributed by atoms with Gasteiger partial charge in [0.25, 0.3) is 5.91 Å². The Morgan fingerprint density at radius 3 is 2.50 bits per heavy atom. The van der Waals surface area contributed by atoms with Crippen LogP contribution >= 0.6 is 0 Å². The minimum absolute atomic E-state index is 0.0286. The van der Waals surface area contributed by atoms with Crippen LogP contribution in [0.2, 0.25) is 0 Å². The van der Waals surface area contributed by atoms with E-state index in [2.05, 4.69) is 5.32 Å². The second-order valence-electron chi connectivity index (χ2n) is 5.82. The van der Waals surface area contributed by atoms with Gasteiger partial charge in [-0.1, -0.05) is 12.1 Å². The highest BCUT2D eigenvalue weighted by molar-refractivity contribution is 5.85. The maximum absolute atomic E-state index is 12.0. The number of rotatable bonds is 5. The molecule has 2 rings (SSSR count). The lowest BCUT2D eigenvalue weighted by Gasteiger charge is -2.24. The van der Waals surface area contributed by atoms with Gasteiger partial charge >= 0.3 is 0 Å². The van der Waals surface area contributed by atoms with E-state index in [1.165, 1.54) is 0 Å². The van der Waals surface area contributed by atoms with Crippen LogP contribution in [0.15, 0.2) is 24.3 Å². The molecule has 0 heterocycles. The maximum Gasteiger partial charge on any atom is 0.252 e. The minimum atomic E-state index is -1.15. The number of carbonyl (C=O) groups excluding carboxylic acids is 1. The first-order valence-electron chi connectivity index (χ1n) is 7.31. The molecule has 0 bridgehead atoms.